The minimum atomic E-state index is -1.79. The fourth-order valence-electron chi connectivity index (χ4n) is 0.336. The Morgan fingerprint density at radius 1 is 1.38 bits per heavy atom. The Balaban J connectivity index is -0.000000214. The molecule has 0 saturated carbocycles. The van der Waals surface area contributed by atoms with Gasteiger partial charge >= 0.3 is 41.0 Å². The van der Waals surface area contributed by atoms with Crippen LogP contribution in [0, 0.1) is 0 Å². The third-order valence-electron chi connectivity index (χ3n) is 1.02. The summed E-state index contributed by atoms with van der Waals surface area (Å²) in [6, 6.07) is 0. The molecule has 1 atom stereocenters. The van der Waals surface area contributed by atoms with E-state index in [-0.39, 0.29) is 23.1 Å². The molecule has 0 aliphatic rings. The Bertz CT molecular complexity index is 251. The average Bonchev–Trinajstić information content (AvgIpc) is 2.16. The molecule has 0 aliphatic heterocycles. The van der Waals surface area contributed by atoms with E-state index in [2.05, 4.69) is 11.3 Å². The highest BCUT2D eigenvalue weighted by molar-refractivity contribution is 5.81. The Kier molecular flexibility index (Phi) is 15.2. The molecule has 0 aromatic heterocycles. The highest BCUT2D eigenvalue weighted by Crippen LogP contribution is 1.89. The fraction of sp³-hybridized carbons (Fsp3) is 0.375. The van der Waals surface area contributed by atoms with Gasteiger partial charge in [-0.2, -0.15) is 0 Å². The van der Waals surface area contributed by atoms with Crippen LogP contribution < -0.4 is 0 Å². The lowest BCUT2D eigenvalue weighted by atomic mass is 10.3. The molecule has 0 aromatic rings. The molecule has 90 valence electrons. The molecule has 0 aliphatic carbocycles. The third-order valence-corrected chi connectivity index (χ3v) is 1.02. The topological polar surface area (TPSA) is 121 Å². The second-order valence-electron chi connectivity index (χ2n) is 2.18. The lowest BCUT2D eigenvalue weighted by molar-refractivity contribution is -0.152. The number of rotatable bonds is 4. The van der Waals surface area contributed by atoms with Gasteiger partial charge in [0.05, 0.1) is 13.5 Å². The van der Waals surface area contributed by atoms with Crippen LogP contribution in [0.25, 0.3) is 0 Å². The molecule has 16 heavy (non-hydrogen) atoms. The van der Waals surface area contributed by atoms with E-state index in [1.54, 1.807) is 0 Å². The van der Waals surface area contributed by atoms with Crippen LogP contribution in [0.1, 0.15) is 6.42 Å². The molecule has 0 amide bonds. The smallest absolute Gasteiger partial charge is 0.333 e. The number of carbonyl (C=O) groups excluding carboxylic acids is 1. The molecular weight excluding hydrogens is 232 g/mol. The number of aliphatic carboxylic acids is 2. The molecule has 0 fully saturated rings. The van der Waals surface area contributed by atoms with Crippen molar-refractivity contribution in [1.82, 2.24) is 0 Å². The van der Waals surface area contributed by atoms with Gasteiger partial charge in [-0.1, -0.05) is 6.58 Å². The molecule has 8 heteroatoms. The Morgan fingerprint density at radius 3 is 1.88 bits per heavy atom. The van der Waals surface area contributed by atoms with E-state index in [9.17, 15) is 14.4 Å². The van der Waals surface area contributed by atoms with Crippen LogP contribution >= 0.6 is 0 Å². The number of esters is 1. The van der Waals surface area contributed by atoms with Gasteiger partial charge in [-0.15, -0.1) is 0 Å². The second-order valence-corrected chi connectivity index (χ2v) is 2.18. The van der Waals surface area contributed by atoms with E-state index in [4.69, 9.17) is 15.3 Å². The Morgan fingerprint density at radius 2 is 1.81 bits per heavy atom. The first-order chi connectivity index (χ1) is 6.84. The van der Waals surface area contributed by atoms with Crippen LogP contribution in [0.4, 0.5) is 0 Å². The summed E-state index contributed by atoms with van der Waals surface area (Å²) < 4.78 is 4.14. The summed E-state index contributed by atoms with van der Waals surface area (Å²) in [5.74, 6) is -3.24. The van der Waals surface area contributed by atoms with Gasteiger partial charge in [-0.3, -0.25) is 4.79 Å². The summed E-state index contributed by atoms with van der Waals surface area (Å²) in [5.41, 5.74) is 0. The minimum absolute atomic E-state index is 0. The van der Waals surface area contributed by atoms with Crippen molar-refractivity contribution in [1.29, 1.82) is 0 Å². The monoisotopic (exact) mass is 246 g/mol. The predicted molar refractivity (Wildman–Crippen MR) is 56.7 cm³/mol. The van der Waals surface area contributed by atoms with Crippen LogP contribution in [-0.2, 0) is 19.1 Å². The SMILES string of the molecule is C=CC(=O)OC.O=C(O)CC(O)C(=O)O.[MgH2]. The third kappa shape index (κ3) is 15.4. The van der Waals surface area contributed by atoms with Gasteiger partial charge in [0.2, 0.25) is 0 Å². The molecule has 0 aromatic carbocycles. The minimum Gasteiger partial charge on any atom is -0.481 e. The largest absolute Gasteiger partial charge is 0.481 e. The lowest BCUT2D eigenvalue weighted by Crippen LogP contribution is -2.22. The zero-order chi connectivity index (χ0) is 12.4. The van der Waals surface area contributed by atoms with E-state index in [0.717, 1.165) is 6.08 Å². The maximum absolute atomic E-state index is 9.84. The number of carboxylic acids is 2. The number of methoxy groups -OCH3 is 1. The molecule has 3 N–H and O–H groups in total. The summed E-state index contributed by atoms with van der Waals surface area (Å²) in [6.45, 7) is 3.16. The number of hydrogen-bond donors (Lipinski definition) is 3. The van der Waals surface area contributed by atoms with Gasteiger partial charge in [-0.25, -0.2) is 9.59 Å². The molecule has 0 spiro atoms. The van der Waals surface area contributed by atoms with E-state index in [0.29, 0.717) is 0 Å². The molecule has 0 rings (SSSR count). The first-order valence-electron chi connectivity index (χ1n) is 3.68. The van der Waals surface area contributed by atoms with Gasteiger partial charge in [-0.05, 0) is 0 Å². The van der Waals surface area contributed by atoms with E-state index >= 15 is 0 Å². The Labute approximate surface area is 108 Å². The molecule has 7 nitrogen and oxygen atoms in total. The molecule has 0 heterocycles. The van der Waals surface area contributed by atoms with Crippen LogP contribution in [0.5, 0.6) is 0 Å². The number of hydrogen-bond acceptors (Lipinski definition) is 5. The predicted octanol–water partition coefficient (Wildman–Crippen LogP) is -1.66. The van der Waals surface area contributed by atoms with Crippen molar-refractivity contribution < 1.29 is 34.4 Å². The molecule has 0 bridgehead atoms. The highest BCUT2D eigenvalue weighted by atomic mass is 24.3. The van der Waals surface area contributed by atoms with Crippen molar-refractivity contribution in [2.45, 2.75) is 12.5 Å². The zero-order valence-corrected chi connectivity index (χ0v) is 8.04. The number of carbonyl (C=O) groups is 3. The first-order valence-corrected chi connectivity index (χ1v) is 3.68. The fourth-order valence-corrected chi connectivity index (χ4v) is 0.336. The Hall–Kier alpha value is -1.12. The molecule has 0 radical (unpaired) electrons. The number of ether oxygens (including phenoxy) is 1. The van der Waals surface area contributed by atoms with E-state index in [1.807, 2.05) is 0 Å². The van der Waals surface area contributed by atoms with Crippen molar-refractivity contribution >= 4 is 41.0 Å². The maximum Gasteiger partial charge on any atom is 0.333 e. The summed E-state index contributed by atoms with van der Waals surface area (Å²) in [4.78, 5) is 29.3. The van der Waals surface area contributed by atoms with Gasteiger partial charge in [0.1, 0.15) is 0 Å². The summed E-state index contributed by atoms with van der Waals surface area (Å²) in [5, 5.41) is 24.1. The van der Waals surface area contributed by atoms with Crippen LogP contribution in [-0.4, -0.2) is 69.5 Å². The van der Waals surface area contributed by atoms with E-state index < -0.39 is 30.4 Å². The summed E-state index contributed by atoms with van der Waals surface area (Å²) >= 11 is 0. The van der Waals surface area contributed by atoms with Gasteiger partial charge in [0.25, 0.3) is 0 Å². The summed E-state index contributed by atoms with van der Waals surface area (Å²) in [7, 11) is 1.31. The number of carboxylic acid groups (broad SMARTS) is 2. The average molecular weight is 246 g/mol. The normalized spacial score (nSPS) is 9.62. The molecular formula is C8H14MgO7. The van der Waals surface area contributed by atoms with E-state index in [1.165, 1.54) is 7.11 Å². The lowest BCUT2D eigenvalue weighted by Gasteiger charge is -1.97. The molecule has 1 unspecified atom stereocenters. The van der Waals surface area contributed by atoms with Crippen molar-refractivity contribution in [3.8, 4) is 0 Å². The van der Waals surface area contributed by atoms with Gasteiger partial charge < -0.3 is 20.1 Å². The van der Waals surface area contributed by atoms with Gasteiger partial charge in [0, 0.05) is 6.08 Å². The van der Waals surface area contributed by atoms with Crippen molar-refractivity contribution in [3.63, 3.8) is 0 Å². The zero-order valence-electron chi connectivity index (χ0n) is 8.04. The standard InChI is InChI=1S/C4H6O5.C4H6O2.Mg.2H/c5-2(4(8)9)1-3(6)7;1-3-4(5)6-2;;;/h2,5H,1H2,(H,6,7)(H,8,9);3H,1H2,2H3;;;. The van der Waals surface area contributed by atoms with Crippen molar-refractivity contribution in [2.24, 2.45) is 0 Å². The number of aliphatic hydroxyl groups excluding tert-OH is 1. The van der Waals surface area contributed by atoms with Crippen molar-refractivity contribution in [3.05, 3.63) is 12.7 Å². The second kappa shape index (κ2) is 11.9. The number of aliphatic hydroxyl groups is 1. The van der Waals surface area contributed by atoms with Crippen LogP contribution in [0.2, 0.25) is 0 Å². The highest BCUT2D eigenvalue weighted by Gasteiger charge is 2.16. The summed E-state index contributed by atoms with van der Waals surface area (Å²) in [6.07, 6.45) is -1.43. The molecule has 0 saturated heterocycles. The van der Waals surface area contributed by atoms with Gasteiger partial charge in [0.15, 0.2) is 6.10 Å². The van der Waals surface area contributed by atoms with Crippen molar-refractivity contribution in [2.75, 3.05) is 7.11 Å². The quantitative estimate of drug-likeness (QED) is 0.308. The first kappa shape index (κ1) is 20.3. The van der Waals surface area contributed by atoms with Crippen LogP contribution in [0.3, 0.4) is 0 Å². The maximum atomic E-state index is 9.84. The van der Waals surface area contributed by atoms with Crippen LogP contribution in [0.15, 0.2) is 12.7 Å².